The van der Waals surface area contributed by atoms with Crippen molar-refractivity contribution < 1.29 is 45.6 Å². The van der Waals surface area contributed by atoms with Crippen LogP contribution in [0, 0.1) is 11.8 Å². The van der Waals surface area contributed by atoms with Crippen LogP contribution in [0.3, 0.4) is 0 Å². The fourth-order valence-corrected chi connectivity index (χ4v) is 2.59. The molecule has 0 aromatic heterocycles. The summed E-state index contributed by atoms with van der Waals surface area (Å²) in [6.45, 7) is 11.2. The number of rotatable bonds is 16. The minimum absolute atomic E-state index is 0. The van der Waals surface area contributed by atoms with Gasteiger partial charge in [0.05, 0.1) is 13.2 Å². The Hall–Kier alpha value is 0.880. The van der Waals surface area contributed by atoms with E-state index in [0.717, 1.165) is 26.1 Å². The summed E-state index contributed by atoms with van der Waals surface area (Å²) in [6.07, 6.45) is 9.29. The Bertz CT molecular complexity index is 211. The molecule has 0 fully saturated rings. The molecule has 0 aliphatic rings. The van der Waals surface area contributed by atoms with Crippen molar-refractivity contribution in [3.05, 3.63) is 0 Å². The van der Waals surface area contributed by atoms with Crippen molar-refractivity contribution in [3.8, 4) is 0 Å². The molecule has 2 unspecified atom stereocenters. The average Bonchev–Trinajstić information content (AvgIpc) is 2.53. The molecule has 0 saturated heterocycles. The van der Waals surface area contributed by atoms with Crippen molar-refractivity contribution in [2.45, 2.75) is 85.2 Å². The van der Waals surface area contributed by atoms with Crippen molar-refractivity contribution in [2.24, 2.45) is 11.8 Å². The van der Waals surface area contributed by atoms with Gasteiger partial charge >= 0.3 is 29.6 Å². The van der Waals surface area contributed by atoms with Gasteiger partial charge in [0, 0.05) is 13.2 Å². The van der Waals surface area contributed by atoms with Gasteiger partial charge in [0.15, 0.2) is 0 Å². The molecule has 0 radical (unpaired) electrons. The van der Waals surface area contributed by atoms with E-state index in [1.54, 1.807) is 0 Å². The molecular weight excluding hydrogens is 299 g/mol. The van der Waals surface area contributed by atoms with Crippen molar-refractivity contribution >= 4 is 0 Å². The first-order valence-electron chi connectivity index (χ1n) is 9.51. The van der Waals surface area contributed by atoms with Gasteiger partial charge in [0.2, 0.25) is 0 Å². The molecule has 2 atom stereocenters. The van der Waals surface area contributed by atoms with Gasteiger partial charge < -0.3 is 16.0 Å². The minimum atomic E-state index is -0.493. The molecule has 136 valence electrons. The van der Waals surface area contributed by atoms with E-state index in [1.165, 1.54) is 38.5 Å². The number of hydrogen-bond donors (Lipinski definition) is 1. The van der Waals surface area contributed by atoms with Crippen LogP contribution in [0.1, 0.15) is 80.5 Å². The first kappa shape index (κ1) is 26.1. The van der Waals surface area contributed by atoms with Gasteiger partial charge in [-0.3, -0.25) is 0 Å². The van der Waals surface area contributed by atoms with Crippen LogP contribution in [0.25, 0.3) is 0 Å². The van der Waals surface area contributed by atoms with Crippen LogP contribution in [0.15, 0.2) is 0 Å². The fraction of sp³-hybridized carbons (Fsp3) is 1.00. The molecule has 0 rings (SSSR count). The number of unbranched alkanes of at least 4 members (excludes halogenated alkanes) is 2. The molecule has 0 bridgehead atoms. The number of aliphatic hydroxyl groups is 1. The molecule has 0 aromatic rings. The Labute approximate surface area is 168 Å². The van der Waals surface area contributed by atoms with Crippen LogP contribution in [0.2, 0.25) is 0 Å². The summed E-state index contributed by atoms with van der Waals surface area (Å²) < 4.78 is 11.3. The largest absolute Gasteiger partial charge is 1.00 e. The Morgan fingerprint density at radius 3 is 1.43 bits per heavy atom. The summed E-state index contributed by atoms with van der Waals surface area (Å²) in [5.74, 6) is 1.26. The fourth-order valence-electron chi connectivity index (χ4n) is 2.59. The van der Waals surface area contributed by atoms with Gasteiger partial charge in [-0.1, -0.05) is 66.2 Å². The summed E-state index contributed by atoms with van der Waals surface area (Å²) in [5, 5.41) is 9.92. The summed E-state index contributed by atoms with van der Waals surface area (Å²) in [7, 11) is 0. The van der Waals surface area contributed by atoms with Crippen LogP contribution in [-0.2, 0) is 9.47 Å². The molecule has 3 nitrogen and oxygen atoms in total. The van der Waals surface area contributed by atoms with Crippen LogP contribution in [-0.4, -0.2) is 37.6 Å². The smallest absolute Gasteiger partial charge is 1.00 e. The third kappa shape index (κ3) is 16.1. The first-order valence-corrected chi connectivity index (χ1v) is 9.51. The maximum absolute atomic E-state index is 9.92. The van der Waals surface area contributed by atoms with Crippen molar-refractivity contribution in [1.82, 2.24) is 0 Å². The van der Waals surface area contributed by atoms with Gasteiger partial charge in [0.25, 0.3) is 0 Å². The predicted octanol–water partition coefficient (Wildman–Crippen LogP) is 1.93. The monoisotopic (exact) mass is 340 g/mol. The van der Waals surface area contributed by atoms with E-state index in [0.29, 0.717) is 25.0 Å². The third-order valence-corrected chi connectivity index (χ3v) is 4.41. The Morgan fingerprint density at radius 2 is 1.13 bits per heavy atom. The van der Waals surface area contributed by atoms with E-state index < -0.39 is 6.10 Å². The molecule has 0 heterocycles. The standard InChI is InChI=1S/C19H40O3.Na.H/c1-5-9-11-17(7-3)13-21-15-19(20)16-22-14-18(8-4)12-10-6-2;;/h17-20H,5-16H2,1-4H3;;/q;+1;-1. The molecule has 0 saturated carbocycles. The zero-order valence-corrected chi connectivity index (χ0v) is 18.5. The Kier molecular flexibility index (Phi) is 21.8. The van der Waals surface area contributed by atoms with Crippen molar-refractivity contribution in [3.63, 3.8) is 0 Å². The van der Waals surface area contributed by atoms with Crippen LogP contribution in [0.5, 0.6) is 0 Å². The summed E-state index contributed by atoms with van der Waals surface area (Å²) in [5.41, 5.74) is 0. The molecule has 0 amide bonds. The molecule has 0 aromatic carbocycles. The quantitative estimate of drug-likeness (QED) is 0.436. The maximum atomic E-state index is 9.92. The second-order valence-electron chi connectivity index (χ2n) is 6.56. The Morgan fingerprint density at radius 1 is 0.739 bits per heavy atom. The van der Waals surface area contributed by atoms with Gasteiger partial charge in [-0.2, -0.15) is 0 Å². The summed E-state index contributed by atoms with van der Waals surface area (Å²) in [4.78, 5) is 0. The second kappa shape index (κ2) is 19.2. The zero-order chi connectivity index (χ0) is 16.6. The molecule has 1 N–H and O–H groups in total. The molecular formula is C19H41NaO3. The van der Waals surface area contributed by atoms with Gasteiger partial charge in [-0.05, 0) is 24.7 Å². The molecule has 0 spiro atoms. The zero-order valence-electron chi connectivity index (χ0n) is 17.5. The first-order chi connectivity index (χ1) is 10.7. The van der Waals surface area contributed by atoms with E-state index in [-0.39, 0.29) is 31.0 Å². The topological polar surface area (TPSA) is 38.7 Å². The predicted molar refractivity (Wildman–Crippen MR) is 95.4 cm³/mol. The van der Waals surface area contributed by atoms with Crippen molar-refractivity contribution in [2.75, 3.05) is 26.4 Å². The van der Waals surface area contributed by atoms with Gasteiger partial charge in [0.1, 0.15) is 6.10 Å². The number of aliphatic hydroxyl groups excluding tert-OH is 1. The average molecular weight is 341 g/mol. The van der Waals surface area contributed by atoms with E-state index >= 15 is 0 Å². The second-order valence-corrected chi connectivity index (χ2v) is 6.56. The number of hydrogen-bond acceptors (Lipinski definition) is 3. The van der Waals surface area contributed by atoms with Crippen molar-refractivity contribution in [1.29, 1.82) is 0 Å². The molecule has 4 heteroatoms. The van der Waals surface area contributed by atoms with E-state index in [2.05, 4.69) is 27.7 Å². The van der Waals surface area contributed by atoms with E-state index in [9.17, 15) is 5.11 Å². The van der Waals surface area contributed by atoms with Crippen LogP contribution >= 0.6 is 0 Å². The SMILES string of the molecule is CCCCC(CC)COCC(O)COCC(CC)CCCC.[H-].[Na+]. The van der Waals surface area contributed by atoms with E-state index in [1.807, 2.05) is 0 Å². The van der Waals surface area contributed by atoms with Crippen LogP contribution in [0.4, 0.5) is 0 Å². The van der Waals surface area contributed by atoms with E-state index in [4.69, 9.17) is 9.47 Å². The summed E-state index contributed by atoms with van der Waals surface area (Å²) in [6, 6.07) is 0. The van der Waals surface area contributed by atoms with Gasteiger partial charge in [-0.15, -0.1) is 0 Å². The number of ether oxygens (including phenoxy) is 2. The Balaban J connectivity index is -0.00000220. The maximum Gasteiger partial charge on any atom is 1.00 e. The molecule has 0 aliphatic heterocycles. The summed E-state index contributed by atoms with van der Waals surface area (Å²) >= 11 is 0. The minimum Gasteiger partial charge on any atom is -1.00 e. The third-order valence-electron chi connectivity index (χ3n) is 4.41. The normalized spacial score (nSPS) is 15.0. The van der Waals surface area contributed by atoms with Gasteiger partial charge in [-0.25, -0.2) is 0 Å². The molecule has 0 aliphatic carbocycles. The molecule has 23 heavy (non-hydrogen) atoms. The van der Waals surface area contributed by atoms with Crippen LogP contribution < -0.4 is 29.6 Å².